The first-order valence-electron chi connectivity index (χ1n) is 11.6. The summed E-state index contributed by atoms with van der Waals surface area (Å²) in [7, 11) is 0. The Morgan fingerprint density at radius 1 is 1.03 bits per heavy atom. The summed E-state index contributed by atoms with van der Waals surface area (Å²) in [5.74, 6) is -1.84. The minimum atomic E-state index is -0.864. The quantitative estimate of drug-likeness (QED) is 0.240. The van der Waals surface area contributed by atoms with Gasteiger partial charge in [0.1, 0.15) is 16.3 Å². The van der Waals surface area contributed by atoms with Crippen molar-refractivity contribution in [1.29, 1.82) is 0 Å². The number of aryl methyl sites for hydroxylation is 3. The summed E-state index contributed by atoms with van der Waals surface area (Å²) in [6.07, 6.45) is 1.85. The molecule has 3 aromatic heterocycles. The summed E-state index contributed by atoms with van der Waals surface area (Å²) in [6, 6.07) is 10.7. The highest BCUT2D eigenvalue weighted by Gasteiger charge is 2.48. The van der Waals surface area contributed by atoms with Crippen molar-refractivity contribution in [3.05, 3.63) is 81.3 Å². The Kier molecular flexibility index (Phi) is 5.55. The van der Waals surface area contributed by atoms with Crippen LogP contribution < -0.4 is 4.90 Å². The first-order chi connectivity index (χ1) is 17.0. The first-order valence-corrected chi connectivity index (χ1v) is 12.5. The summed E-state index contributed by atoms with van der Waals surface area (Å²) in [5, 5.41) is 20.7. The average Bonchev–Trinajstić information content (AvgIpc) is 3.48. The molecule has 8 nitrogen and oxygen atoms in total. The van der Waals surface area contributed by atoms with Crippen LogP contribution in [0.1, 0.15) is 59.9 Å². The predicted molar refractivity (Wildman–Crippen MR) is 139 cm³/mol. The fourth-order valence-electron chi connectivity index (χ4n) is 4.57. The van der Waals surface area contributed by atoms with Gasteiger partial charge < -0.3 is 9.51 Å². The number of fused-ring (bicyclic) bond motifs is 1. The summed E-state index contributed by atoms with van der Waals surface area (Å²) < 4.78 is 1.86. The number of pyridine rings is 1. The van der Waals surface area contributed by atoms with Crippen LogP contribution >= 0.6 is 11.3 Å². The van der Waals surface area contributed by atoms with Gasteiger partial charge in [0.05, 0.1) is 17.3 Å². The maximum absolute atomic E-state index is 13.4. The molecule has 0 aliphatic carbocycles. The van der Waals surface area contributed by atoms with Crippen molar-refractivity contribution >= 4 is 39.6 Å². The highest BCUT2D eigenvalue weighted by Crippen LogP contribution is 2.43. The Hall–Kier alpha value is -3.85. The molecular weight excluding hydrogens is 474 g/mol. The number of anilines is 1. The molecule has 1 amide bonds. The molecule has 5 rings (SSSR count). The van der Waals surface area contributed by atoms with E-state index in [0.29, 0.717) is 27.0 Å². The summed E-state index contributed by atoms with van der Waals surface area (Å²) in [6.45, 7) is 11.9. The SMILES string of the molecule is Cc1nnc(N2C(=O)C(=O)/C(=C(/O)c3nc4c(C)cccn4c3C)C2c2ccc(C(C)(C)C)cc2)s1. The van der Waals surface area contributed by atoms with Gasteiger partial charge in [0, 0.05) is 6.20 Å². The second kappa shape index (κ2) is 8.37. The van der Waals surface area contributed by atoms with Gasteiger partial charge in [0.25, 0.3) is 5.78 Å². The van der Waals surface area contributed by atoms with E-state index in [0.717, 1.165) is 11.1 Å². The van der Waals surface area contributed by atoms with Crippen LogP contribution in [0, 0.1) is 20.8 Å². The molecule has 1 aliphatic rings. The van der Waals surface area contributed by atoms with Gasteiger partial charge in [-0.1, -0.05) is 62.4 Å². The average molecular weight is 502 g/mol. The van der Waals surface area contributed by atoms with Crippen molar-refractivity contribution in [1.82, 2.24) is 19.6 Å². The van der Waals surface area contributed by atoms with Crippen LogP contribution in [0.2, 0.25) is 0 Å². The molecule has 0 radical (unpaired) electrons. The number of carbonyl (C=O) groups excluding carboxylic acids is 2. The van der Waals surface area contributed by atoms with Crippen LogP contribution in [0.3, 0.4) is 0 Å². The monoisotopic (exact) mass is 501 g/mol. The molecule has 0 spiro atoms. The Labute approximate surface area is 212 Å². The van der Waals surface area contributed by atoms with Gasteiger partial charge in [-0.15, -0.1) is 10.2 Å². The van der Waals surface area contributed by atoms with Gasteiger partial charge in [-0.3, -0.25) is 14.5 Å². The lowest BCUT2D eigenvalue weighted by atomic mass is 9.85. The number of aromatic nitrogens is 4. The Balaban J connectivity index is 1.74. The molecule has 0 saturated carbocycles. The van der Waals surface area contributed by atoms with Crippen LogP contribution in [0.5, 0.6) is 0 Å². The molecule has 4 aromatic rings. The lowest BCUT2D eigenvalue weighted by Crippen LogP contribution is -2.29. The maximum Gasteiger partial charge on any atom is 0.301 e. The number of hydrogen-bond acceptors (Lipinski definition) is 7. The number of carbonyl (C=O) groups is 2. The van der Waals surface area contributed by atoms with Gasteiger partial charge in [-0.2, -0.15) is 0 Å². The molecule has 0 bridgehead atoms. The van der Waals surface area contributed by atoms with Crippen molar-refractivity contribution < 1.29 is 14.7 Å². The number of hydrogen-bond donors (Lipinski definition) is 1. The third kappa shape index (κ3) is 3.71. The molecule has 1 aliphatic heterocycles. The van der Waals surface area contributed by atoms with Crippen LogP contribution in [0.25, 0.3) is 11.4 Å². The number of aliphatic hydroxyl groups excluding tert-OH is 1. The molecule has 1 unspecified atom stereocenters. The summed E-state index contributed by atoms with van der Waals surface area (Å²) >= 11 is 1.22. The van der Waals surface area contributed by atoms with E-state index < -0.39 is 17.7 Å². The zero-order valence-corrected chi connectivity index (χ0v) is 21.8. The number of amides is 1. The molecule has 9 heteroatoms. The number of nitrogens with zero attached hydrogens (tertiary/aromatic N) is 5. The molecule has 1 atom stereocenters. The fourth-order valence-corrected chi connectivity index (χ4v) is 5.28. The Morgan fingerprint density at radius 3 is 2.31 bits per heavy atom. The third-order valence-corrected chi connectivity index (χ3v) is 7.40. The van der Waals surface area contributed by atoms with Gasteiger partial charge in [-0.25, -0.2) is 4.98 Å². The van der Waals surface area contributed by atoms with Gasteiger partial charge >= 0.3 is 5.91 Å². The molecule has 1 N–H and O–H groups in total. The normalized spacial score (nSPS) is 17.9. The van der Waals surface area contributed by atoms with Crippen molar-refractivity contribution in [3.8, 4) is 0 Å². The lowest BCUT2D eigenvalue weighted by Gasteiger charge is -2.24. The third-order valence-electron chi connectivity index (χ3n) is 6.57. The van der Waals surface area contributed by atoms with Gasteiger partial charge in [-0.05, 0) is 48.9 Å². The van der Waals surface area contributed by atoms with Crippen molar-refractivity contribution in [3.63, 3.8) is 0 Å². The second-order valence-corrected chi connectivity index (χ2v) is 11.2. The highest BCUT2D eigenvalue weighted by molar-refractivity contribution is 7.15. The van der Waals surface area contributed by atoms with E-state index in [-0.39, 0.29) is 22.4 Å². The van der Waals surface area contributed by atoms with E-state index in [1.165, 1.54) is 16.2 Å². The largest absolute Gasteiger partial charge is 0.505 e. The molecule has 1 aromatic carbocycles. The highest BCUT2D eigenvalue weighted by atomic mass is 32.1. The van der Waals surface area contributed by atoms with E-state index in [1.54, 1.807) is 6.92 Å². The number of benzene rings is 1. The van der Waals surface area contributed by atoms with Crippen LogP contribution in [0.4, 0.5) is 5.13 Å². The van der Waals surface area contributed by atoms with E-state index >= 15 is 0 Å². The minimum absolute atomic E-state index is 0.0134. The molecule has 184 valence electrons. The zero-order valence-electron chi connectivity index (χ0n) is 21.0. The van der Waals surface area contributed by atoms with Crippen LogP contribution in [-0.2, 0) is 15.0 Å². The number of ketones is 1. The molecule has 1 saturated heterocycles. The predicted octanol–water partition coefficient (Wildman–Crippen LogP) is 5.03. The molecular formula is C27H27N5O3S. The van der Waals surface area contributed by atoms with Crippen LogP contribution in [0.15, 0.2) is 48.2 Å². The summed E-state index contributed by atoms with van der Waals surface area (Å²) in [5.41, 5.74) is 4.27. The standard InChI is InChI=1S/C27H27N5O3S/c1-14-8-7-13-31-15(2)20(28-24(14)31)22(33)19-21(17-9-11-18(12-10-17)27(4,5)6)32(25(35)23(19)34)26-30-29-16(3)36-26/h7-13,21,33H,1-6H3/b22-19+. The number of Topliss-reactive ketones (excluding diaryl/α,β-unsaturated/α-hetero) is 1. The van der Waals surface area contributed by atoms with Crippen molar-refractivity contribution in [2.24, 2.45) is 0 Å². The number of rotatable bonds is 3. The van der Waals surface area contributed by atoms with E-state index in [9.17, 15) is 14.7 Å². The van der Waals surface area contributed by atoms with Gasteiger partial charge in [0.2, 0.25) is 5.13 Å². The lowest BCUT2D eigenvalue weighted by molar-refractivity contribution is -0.132. The van der Waals surface area contributed by atoms with Crippen LogP contribution in [-0.4, -0.2) is 36.4 Å². The van der Waals surface area contributed by atoms with E-state index in [2.05, 4.69) is 36.0 Å². The number of aliphatic hydroxyl groups is 1. The topological polar surface area (TPSA) is 101 Å². The zero-order chi connectivity index (χ0) is 25.9. The maximum atomic E-state index is 13.4. The van der Waals surface area contributed by atoms with E-state index in [1.807, 2.05) is 60.8 Å². The number of imidazole rings is 1. The minimum Gasteiger partial charge on any atom is -0.505 e. The second-order valence-electron chi connectivity index (χ2n) is 10.1. The van der Waals surface area contributed by atoms with Crippen molar-refractivity contribution in [2.45, 2.75) is 53.0 Å². The molecule has 1 fully saturated rings. The molecule has 4 heterocycles. The smallest absolute Gasteiger partial charge is 0.301 e. The van der Waals surface area contributed by atoms with Crippen molar-refractivity contribution in [2.75, 3.05) is 4.90 Å². The Bertz CT molecular complexity index is 1560. The van der Waals surface area contributed by atoms with Gasteiger partial charge in [0.15, 0.2) is 5.76 Å². The summed E-state index contributed by atoms with van der Waals surface area (Å²) in [4.78, 5) is 32.7. The molecule has 36 heavy (non-hydrogen) atoms. The fraction of sp³-hybridized carbons (Fsp3) is 0.296. The van der Waals surface area contributed by atoms with E-state index in [4.69, 9.17) is 0 Å². The first kappa shape index (κ1) is 23.9. The Morgan fingerprint density at radius 2 is 1.72 bits per heavy atom.